The Labute approximate surface area is 99.2 Å². The molecule has 2 N–H and O–H groups in total. The smallest absolute Gasteiger partial charge is 0.152 e. The van der Waals surface area contributed by atoms with Crippen LogP contribution >= 0.6 is 0 Å². The molecule has 1 saturated carbocycles. The lowest BCUT2D eigenvalue weighted by Crippen LogP contribution is -2.26. The minimum atomic E-state index is 0.447. The third-order valence-corrected chi connectivity index (χ3v) is 2.86. The van der Waals surface area contributed by atoms with Gasteiger partial charge in [-0.3, -0.25) is 0 Å². The second-order valence-electron chi connectivity index (χ2n) is 4.25. The molecule has 1 aliphatic rings. The number of anilines is 2. The summed E-state index contributed by atoms with van der Waals surface area (Å²) in [5.74, 6) is 2.25. The molecule has 0 bridgehead atoms. The third kappa shape index (κ3) is 2.22. The molecule has 0 unspecified atom stereocenters. The van der Waals surface area contributed by atoms with E-state index in [1.165, 1.54) is 12.8 Å². The summed E-state index contributed by atoms with van der Waals surface area (Å²) < 4.78 is 5.37. The summed E-state index contributed by atoms with van der Waals surface area (Å²) in [7, 11) is 0. The lowest BCUT2D eigenvalue weighted by Gasteiger charge is -2.21. The van der Waals surface area contributed by atoms with Crippen molar-refractivity contribution in [2.45, 2.75) is 25.4 Å². The maximum atomic E-state index is 5.54. The summed E-state index contributed by atoms with van der Waals surface area (Å²) in [6.45, 7) is 0.732. The Bertz CT molecular complexity index is 476. The van der Waals surface area contributed by atoms with Crippen LogP contribution in [0.4, 0.5) is 11.6 Å². The van der Waals surface area contributed by atoms with Gasteiger partial charge in [0.15, 0.2) is 5.82 Å². The van der Waals surface area contributed by atoms with Crippen molar-refractivity contribution in [1.29, 1.82) is 0 Å². The molecule has 0 radical (unpaired) electrons. The second-order valence-corrected chi connectivity index (χ2v) is 4.25. The molecule has 5 heteroatoms. The third-order valence-electron chi connectivity index (χ3n) is 2.86. The van der Waals surface area contributed by atoms with Crippen LogP contribution in [0, 0.1) is 0 Å². The van der Waals surface area contributed by atoms with Gasteiger partial charge < -0.3 is 15.1 Å². The maximum Gasteiger partial charge on any atom is 0.152 e. The zero-order valence-electron chi connectivity index (χ0n) is 9.41. The van der Waals surface area contributed by atoms with Crippen LogP contribution < -0.4 is 10.6 Å². The van der Waals surface area contributed by atoms with E-state index in [-0.39, 0.29) is 0 Å². The van der Waals surface area contributed by atoms with E-state index in [9.17, 15) is 0 Å². The van der Waals surface area contributed by atoms with Crippen LogP contribution in [-0.4, -0.2) is 16.2 Å². The molecule has 0 aliphatic heterocycles. The van der Waals surface area contributed by atoms with Crippen LogP contribution in [0.3, 0.4) is 0 Å². The largest absolute Gasteiger partial charge is 0.467 e. The van der Waals surface area contributed by atoms with Gasteiger partial charge in [0.2, 0.25) is 0 Å². The highest BCUT2D eigenvalue weighted by Crippen LogP contribution is 2.31. The van der Waals surface area contributed by atoms with E-state index in [4.69, 9.17) is 10.2 Å². The Hall–Kier alpha value is -2.04. The van der Waals surface area contributed by atoms with Gasteiger partial charge in [0.05, 0.1) is 12.8 Å². The first-order valence-electron chi connectivity index (χ1n) is 5.71. The van der Waals surface area contributed by atoms with Gasteiger partial charge in [-0.2, -0.15) is 0 Å². The highest BCUT2D eigenvalue weighted by atomic mass is 16.3. The fourth-order valence-corrected chi connectivity index (χ4v) is 1.84. The van der Waals surface area contributed by atoms with E-state index in [1.807, 2.05) is 18.2 Å². The van der Waals surface area contributed by atoms with Gasteiger partial charge in [-0.25, -0.2) is 0 Å². The van der Waals surface area contributed by atoms with Gasteiger partial charge in [0.25, 0.3) is 0 Å². The number of aromatic nitrogens is 2. The minimum absolute atomic E-state index is 0.447. The standard InChI is InChI=1S/C12H14N4O/c13-11-5-6-12(15-14-11)16(9-3-4-9)8-10-2-1-7-17-10/h1-2,5-7,9H,3-4,8H2,(H2,13,14). The predicted octanol–water partition coefficient (Wildman–Crippen LogP) is 1.82. The fraction of sp³-hybridized carbons (Fsp3) is 0.333. The van der Waals surface area contributed by atoms with Gasteiger partial charge in [0.1, 0.15) is 11.6 Å². The van der Waals surface area contributed by atoms with E-state index in [0.29, 0.717) is 11.9 Å². The first kappa shape index (κ1) is 10.1. The average molecular weight is 230 g/mol. The summed E-state index contributed by atoms with van der Waals surface area (Å²) in [5.41, 5.74) is 5.54. The van der Waals surface area contributed by atoms with Gasteiger partial charge in [-0.05, 0) is 37.1 Å². The van der Waals surface area contributed by atoms with Crippen LogP contribution in [0.1, 0.15) is 18.6 Å². The quantitative estimate of drug-likeness (QED) is 0.867. The number of furan rings is 1. The van der Waals surface area contributed by atoms with E-state index in [2.05, 4.69) is 15.1 Å². The summed E-state index contributed by atoms with van der Waals surface area (Å²) in [6.07, 6.45) is 4.09. The van der Waals surface area contributed by atoms with Crippen LogP contribution in [0.5, 0.6) is 0 Å². The summed E-state index contributed by atoms with van der Waals surface area (Å²) in [6, 6.07) is 8.11. The predicted molar refractivity (Wildman–Crippen MR) is 64.4 cm³/mol. The van der Waals surface area contributed by atoms with Gasteiger partial charge in [-0.1, -0.05) is 0 Å². The van der Waals surface area contributed by atoms with Gasteiger partial charge in [-0.15, -0.1) is 10.2 Å². The zero-order chi connectivity index (χ0) is 11.7. The van der Waals surface area contributed by atoms with Crippen LogP contribution in [0.15, 0.2) is 34.9 Å². The molecule has 0 atom stereocenters. The Morgan fingerprint density at radius 2 is 2.18 bits per heavy atom. The molecule has 2 aromatic heterocycles. The van der Waals surface area contributed by atoms with Gasteiger partial charge in [0, 0.05) is 6.04 Å². The Morgan fingerprint density at radius 1 is 1.29 bits per heavy atom. The fourth-order valence-electron chi connectivity index (χ4n) is 1.84. The summed E-state index contributed by atoms with van der Waals surface area (Å²) in [4.78, 5) is 2.21. The minimum Gasteiger partial charge on any atom is -0.467 e. The van der Waals surface area contributed by atoms with E-state index < -0.39 is 0 Å². The summed E-state index contributed by atoms with van der Waals surface area (Å²) in [5, 5.41) is 8.02. The molecule has 0 aromatic carbocycles. The van der Waals surface area contributed by atoms with E-state index in [1.54, 1.807) is 12.3 Å². The van der Waals surface area contributed by atoms with Crippen molar-refractivity contribution in [2.24, 2.45) is 0 Å². The van der Waals surface area contributed by atoms with Crippen molar-refractivity contribution in [3.8, 4) is 0 Å². The number of hydrogen-bond acceptors (Lipinski definition) is 5. The number of rotatable bonds is 4. The van der Waals surface area contributed by atoms with Crippen LogP contribution in [-0.2, 0) is 6.54 Å². The molecule has 88 valence electrons. The lowest BCUT2D eigenvalue weighted by molar-refractivity contribution is 0.500. The zero-order valence-corrected chi connectivity index (χ0v) is 9.41. The highest BCUT2D eigenvalue weighted by Gasteiger charge is 2.30. The Balaban J connectivity index is 1.82. The highest BCUT2D eigenvalue weighted by molar-refractivity contribution is 5.43. The van der Waals surface area contributed by atoms with Crippen molar-refractivity contribution in [3.63, 3.8) is 0 Å². The molecule has 2 heterocycles. The topological polar surface area (TPSA) is 68.2 Å². The molecule has 0 amide bonds. The molecule has 5 nitrogen and oxygen atoms in total. The normalized spacial score (nSPS) is 14.8. The maximum absolute atomic E-state index is 5.54. The SMILES string of the molecule is Nc1ccc(N(Cc2ccco2)C2CC2)nn1. The number of nitrogens with two attached hydrogens (primary N) is 1. The number of hydrogen-bond donors (Lipinski definition) is 1. The average Bonchev–Trinajstić information content (AvgIpc) is 3.05. The molecular weight excluding hydrogens is 216 g/mol. The van der Waals surface area contributed by atoms with Gasteiger partial charge >= 0.3 is 0 Å². The molecule has 2 aromatic rings. The molecule has 1 fully saturated rings. The molecule has 1 aliphatic carbocycles. The molecular formula is C12H14N4O. The van der Waals surface area contributed by atoms with Crippen LogP contribution in [0.25, 0.3) is 0 Å². The van der Waals surface area contributed by atoms with E-state index in [0.717, 1.165) is 18.1 Å². The molecule has 17 heavy (non-hydrogen) atoms. The molecule has 0 saturated heterocycles. The first-order chi connectivity index (χ1) is 8.33. The summed E-state index contributed by atoms with van der Waals surface area (Å²) >= 11 is 0. The molecule has 3 rings (SSSR count). The van der Waals surface area contributed by atoms with Crippen LogP contribution in [0.2, 0.25) is 0 Å². The van der Waals surface area contributed by atoms with Crippen molar-refractivity contribution in [2.75, 3.05) is 10.6 Å². The van der Waals surface area contributed by atoms with Crippen molar-refractivity contribution >= 4 is 11.6 Å². The van der Waals surface area contributed by atoms with Crippen molar-refractivity contribution < 1.29 is 4.42 Å². The Morgan fingerprint density at radius 3 is 2.76 bits per heavy atom. The Kier molecular flexibility index (Phi) is 2.44. The number of nitrogen functional groups attached to an aromatic ring is 1. The van der Waals surface area contributed by atoms with Crippen molar-refractivity contribution in [3.05, 3.63) is 36.3 Å². The van der Waals surface area contributed by atoms with Crippen molar-refractivity contribution in [1.82, 2.24) is 10.2 Å². The lowest BCUT2D eigenvalue weighted by atomic mass is 10.3. The second kappa shape index (κ2) is 4.08. The number of nitrogens with zero attached hydrogens (tertiary/aromatic N) is 3. The molecule has 0 spiro atoms. The van der Waals surface area contributed by atoms with E-state index >= 15 is 0 Å². The first-order valence-corrected chi connectivity index (χ1v) is 5.71. The monoisotopic (exact) mass is 230 g/mol.